The van der Waals surface area contributed by atoms with Crippen molar-refractivity contribution in [2.45, 2.75) is 59.3 Å². The Balaban J connectivity index is 0. The summed E-state index contributed by atoms with van der Waals surface area (Å²) >= 11 is 0. The van der Waals surface area contributed by atoms with Crippen molar-refractivity contribution in [3.63, 3.8) is 0 Å². The molecule has 7 nitrogen and oxygen atoms in total. The summed E-state index contributed by atoms with van der Waals surface area (Å²) in [4.78, 5) is 21.6. The zero-order valence-electron chi connectivity index (χ0n) is 13.9. The van der Waals surface area contributed by atoms with E-state index in [1.807, 2.05) is 0 Å². The molecule has 0 amide bonds. The average Bonchev–Trinajstić information content (AvgIpc) is 2.41. The second kappa shape index (κ2) is 16.6. The molecule has 22 heavy (non-hydrogen) atoms. The third-order valence-electron chi connectivity index (χ3n) is 2.28. The molecule has 3 N–H and O–H groups in total. The van der Waals surface area contributed by atoms with Crippen LogP contribution in [0.1, 0.15) is 59.3 Å². The van der Waals surface area contributed by atoms with Crippen LogP contribution in [-0.4, -0.2) is 34.5 Å². The van der Waals surface area contributed by atoms with Crippen molar-refractivity contribution < 1.29 is 33.5 Å². The molecular formula is C14H31O7P. The fourth-order valence-electron chi connectivity index (χ4n) is 1.10. The predicted molar refractivity (Wildman–Crippen MR) is 84.9 cm³/mol. The number of hydrogen-bond acceptors (Lipinski definition) is 4. The van der Waals surface area contributed by atoms with E-state index in [2.05, 4.69) is 20.8 Å². The molecule has 134 valence electrons. The average molecular weight is 342 g/mol. The molecule has 0 spiro atoms. The molecule has 0 saturated carbocycles. The van der Waals surface area contributed by atoms with Crippen molar-refractivity contribution in [1.82, 2.24) is 0 Å². The maximum Gasteiger partial charge on any atom is 0.466 e. The van der Waals surface area contributed by atoms with Gasteiger partial charge in [0, 0.05) is 0 Å². The fourth-order valence-corrected chi connectivity index (χ4v) is 1.10. The first-order chi connectivity index (χ1) is 10.3. The molecule has 0 aromatic carbocycles. The first kappa shape index (κ1) is 23.5. The number of ether oxygens (including phenoxy) is 3. The van der Waals surface area contributed by atoms with E-state index >= 15 is 0 Å². The molecule has 0 aliphatic rings. The SMILES string of the molecule is CCCCOC=C(OCCCC)OCCCC.O=P(O)(O)O. The van der Waals surface area contributed by atoms with Crippen LogP contribution >= 0.6 is 7.82 Å². The van der Waals surface area contributed by atoms with Gasteiger partial charge in [0.2, 0.25) is 0 Å². The van der Waals surface area contributed by atoms with Crippen molar-refractivity contribution in [3.05, 3.63) is 12.2 Å². The smallest absolute Gasteiger partial charge is 0.466 e. The summed E-state index contributed by atoms with van der Waals surface area (Å²) in [7, 11) is -4.64. The van der Waals surface area contributed by atoms with Gasteiger partial charge < -0.3 is 28.9 Å². The molecule has 8 heteroatoms. The summed E-state index contributed by atoms with van der Waals surface area (Å²) in [6.07, 6.45) is 8.15. The maximum absolute atomic E-state index is 8.88. The molecular weight excluding hydrogens is 311 g/mol. The van der Waals surface area contributed by atoms with Crippen molar-refractivity contribution in [3.8, 4) is 0 Å². The topological polar surface area (TPSA) is 105 Å². The van der Waals surface area contributed by atoms with Crippen LogP contribution in [0.5, 0.6) is 0 Å². The first-order valence-corrected chi connectivity index (χ1v) is 9.27. The molecule has 0 bridgehead atoms. The van der Waals surface area contributed by atoms with Crippen LogP contribution in [0, 0.1) is 0 Å². The summed E-state index contributed by atoms with van der Waals surface area (Å²) in [6, 6.07) is 0. The van der Waals surface area contributed by atoms with Gasteiger partial charge in [0.05, 0.1) is 19.8 Å². The monoisotopic (exact) mass is 342 g/mol. The fraction of sp³-hybridized carbons (Fsp3) is 0.857. The van der Waals surface area contributed by atoms with Crippen LogP contribution in [0.25, 0.3) is 0 Å². The Hall–Kier alpha value is -0.750. The lowest BCUT2D eigenvalue weighted by Crippen LogP contribution is -2.02. The van der Waals surface area contributed by atoms with Crippen LogP contribution in [-0.2, 0) is 18.8 Å². The highest BCUT2D eigenvalue weighted by molar-refractivity contribution is 7.45. The lowest BCUT2D eigenvalue weighted by Gasteiger charge is -2.11. The quantitative estimate of drug-likeness (QED) is 0.284. The standard InChI is InChI=1S/C14H28O3.H3O4P/c1-4-7-10-15-13-14(16-11-8-5-2)17-12-9-6-3;1-5(2,3)4/h13H,4-12H2,1-3H3;(H3,1,2,3,4). The molecule has 0 aliphatic heterocycles. The van der Waals surface area contributed by atoms with Crippen molar-refractivity contribution >= 4 is 7.82 Å². The zero-order chi connectivity index (χ0) is 17.3. The summed E-state index contributed by atoms with van der Waals surface area (Å²) in [5.41, 5.74) is 0. The molecule has 0 fully saturated rings. The van der Waals surface area contributed by atoms with Crippen LogP contribution < -0.4 is 0 Å². The van der Waals surface area contributed by atoms with Gasteiger partial charge in [0.15, 0.2) is 6.26 Å². The molecule has 0 aromatic heterocycles. The number of phosphoric acid groups is 1. The van der Waals surface area contributed by atoms with Gasteiger partial charge in [-0.15, -0.1) is 0 Å². The van der Waals surface area contributed by atoms with E-state index in [0.717, 1.165) is 45.1 Å². The normalized spacial score (nSPS) is 10.3. The Kier molecular flexibility index (Phi) is 17.8. The lowest BCUT2D eigenvalue weighted by atomic mass is 10.4. The summed E-state index contributed by atoms with van der Waals surface area (Å²) in [5.74, 6) is 0.531. The van der Waals surface area contributed by atoms with Crippen LogP contribution in [0.2, 0.25) is 0 Å². The highest BCUT2D eigenvalue weighted by Gasteiger charge is 2.00. The van der Waals surface area contributed by atoms with Gasteiger partial charge in [0.1, 0.15) is 0 Å². The van der Waals surface area contributed by atoms with Gasteiger partial charge in [-0.05, 0) is 19.3 Å². The van der Waals surface area contributed by atoms with Gasteiger partial charge in [-0.3, -0.25) is 0 Å². The van der Waals surface area contributed by atoms with E-state index in [1.165, 1.54) is 0 Å². The second-order valence-electron chi connectivity index (χ2n) is 4.58. The molecule has 0 aliphatic carbocycles. The third kappa shape index (κ3) is 27.6. The summed E-state index contributed by atoms with van der Waals surface area (Å²) in [6.45, 7) is 8.56. The van der Waals surface area contributed by atoms with E-state index in [4.69, 9.17) is 33.5 Å². The minimum atomic E-state index is -4.64. The van der Waals surface area contributed by atoms with E-state index < -0.39 is 7.82 Å². The Labute approximate surface area is 133 Å². The molecule has 0 rings (SSSR count). The highest BCUT2D eigenvalue weighted by atomic mass is 31.2. The molecule has 0 aromatic rings. The minimum Gasteiger partial charge on any atom is -0.494 e. The Morgan fingerprint density at radius 3 is 1.59 bits per heavy atom. The highest BCUT2D eigenvalue weighted by Crippen LogP contribution is 2.25. The van der Waals surface area contributed by atoms with Gasteiger partial charge in [-0.1, -0.05) is 40.0 Å². The van der Waals surface area contributed by atoms with Crippen LogP contribution in [0.3, 0.4) is 0 Å². The molecule has 0 saturated heterocycles. The van der Waals surface area contributed by atoms with Gasteiger partial charge >= 0.3 is 13.8 Å². The van der Waals surface area contributed by atoms with E-state index in [9.17, 15) is 0 Å². The first-order valence-electron chi connectivity index (χ1n) is 7.70. The Bertz CT molecular complexity index is 281. The minimum absolute atomic E-state index is 0.531. The zero-order valence-corrected chi connectivity index (χ0v) is 14.8. The van der Waals surface area contributed by atoms with E-state index in [0.29, 0.717) is 19.2 Å². The van der Waals surface area contributed by atoms with Gasteiger partial charge in [-0.2, -0.15) is 0 Å². The Morgan fingerprint density at radius 1 is 0.864 bits per heavy atom. The number of rotatable bonds is 12. The lowest BCUT2D eigenvalue weighted by molar-refractivity contribution is 0.0192. The predicted octanol–water partition coefficient (Wildman–Crippen LogP) is 3.31. The third-order valence-corrected chi connectivity index (χ3v) is 2.28. The van der Waals surface area contributed by atoms with Gasteiger partial charge in [0.25, 0.3) is 0 Å². The van der Waals surface area contributed by atoms with Crippen molar-refractivity contribution in [2.24, 2.45) is 0 Å². The van der Waals surface area contributed by atoms with E-state index in [-0.39, 0.29) is 0 Å². The molecule has 0 atom stereocenters. The van der Waals surface area contributed by atoms with Crippen LogP contribution in [0.4, 0.5) is 0 Å². The molecule has 0 unspecified atom stereocenters. The van der Waals surface area contributed by atoms with E-state index in [1.54, 1.807) is 6.26 Å². The Morgan fingerprint density at radius 2 is 1.23 bits per heavy atom. The van der Waals surface area contributed by atoms with Crippen molar-refractivity contribution in [2.75, 3.05) is 19.8 Å². The molecule has 0 heterocycles. The molecule has 0 radical (unpaired) electrons. The summed E-state index contributed by atoms with van der Waals surface area (Å²) in [5, 5.41) is 0. The van der Waals surface area contributed by atoms with Crippen molar-refractivity contribution in [1.29, 1.82) is 0 Å². The second-order valence-corrected chi connectivity index (χ2v) is 5.61. The summed E-state index contributed by atoms with van der Waals surface area (Å²) < 4.78 is 25.3. The van der Waals surface area contributed by atoms with Crippen LogP contribution in [0.15, 0.2) is 12.2 Å². The maximum atomic E-state index is 8.88. The van der Waals surface area contributed by atoms with Gasteiger partial charge in [-0.25, -0.2) is 4.57 Å². The largest absolute Gasteiger partial charge is 0.494 e. The number of hydrogen-bond donors (Lipinski definition) is 3. The number of unbranched alkanes of at least 4 members (excludes halogenated alkanes) is 3.